The van der Waals surface area contributed by atoms with Gasteiger partial charge in [-0.15, -0.1) is 0 Å². The van der Waals surface area contributed by atoms with Gasteiger partial charge in [-0.3, -0.25) is 9.59 Å². The van der Waals surface area contributed by atoms with Gasteiger partial charge in [-0.05, 0) is 49.6 Å². The molecule has 3 heterocycles. The second kappa shape index (κ2) is 8.84. The number of para-hydroxylation sites is 1. The third-order valence-corrected chi connectivity index (χ3v) is 6.77. The smallest absolute Gasteiger partial charge is 0.246 e. The first kappa shape index (κ1) is 22.0. The predicted octanol–water partition coefficient (Wildman–Crippen LogP) is 4.32. The van der Waals surface area contributed by atoms with E-state index in [4.69, 9.17) is 16.3 Å². The number of nitrogens with one attached hydrogen (secondary N) is 1. The first-order chi connectivity index (χ1) is 15.9. The SMILES string of the molecule is CC(C)OCCCN1CC(=O)N2[C@H](c3cccc(Cl)c3)c3[nH]c4ccccc4c3C[C@@H]2C1=O. The molecule has 5 rings (SSSR count). The molecule has 2 aliphatic rings. The molecule has 2 aromatic carbocycles. The molecule has 6 nitrogen and oxygen atoms in total. The maximum atomic E-state index is 13.6. The molecule has 3 aromatic rings. The summed E-state index contributed by atoms with van der Waals surface area (Å²) in [5.41, 5.74) is 3.98. The largest absolute Gasteiger partial charge is 0.379 e. The fraction of sp³-hybridized carbons (Fsp3) is 0.385. The summed E-state index contributed by atoms with van der Waals surface area (Å²) < 4.78 is 5.62. The molecule has 0 unspecified atom stereocenters. The van der Waals surface area contributed by atoms with E-state index < -0.39 is 6.04 Å². The van der Waals surface area contributed by atoms with Crippen LogP contribution < -0.4 is 0 Å². The summed E-state index contributed by atoms with van der Waals surface area (Å²) in [5.74, 6) is -0.0410. The molecule has 0 aliphatic carbocycles. The lowest BCUT2D eigenvalue weighted by Crippen LogP contribution is -2.63. The monoisotopic (exact) mass is 465 g/mol. The van der Waals surface area contributed by atoms with Crippen molar-refractivity contribution < 1.29 is 14.3 Å². The van der Waals surface area contributed by atoms with Crippen LogP contribution in [0.25, 0.3) is 10.9 Å². The number of halogens is 1. The number of fused-ring (bicyclic) bond motifs is 4. The Labute approximate surface area is 198 Å². The van der Waals surface area contributed by atoms with E-state index in [9.17, 15) is 9.59 Å². The van der Waals surface area contributed by atoms with Crippen LogP contribution in [0.1, 0.15) is 43.1 Å². The summed E-state index contributed by atoms with van der Waals surface area (Å²) in [7, 11) is 0. The molecular weight excluding hydrogens is 438 g/mol. The molecule has 2 atom stereocenters. The van der Waals surface area contributed by atoms with E-state index in [2.05, 4.69) is 11.1 Å². The van der Waals surface area contributed by atoms with Crippen molar-refractivity contribution in [3.05, 3.63) is 70.4 Å². The Hall–Kier alpha value is -2.83. The van der Waals surface area contributed by atoms with Crippen LogP contribution in [0.3, 0.4) is 0 Å². The molecule has 1 fully saturated rings. The molecule has 2 aliphatic heterocycles. The molecule has 172 valence electrons. The number of H-pyrrole nitrogens is 1. The number of nitrogens with zero attached hydrogens (tertiary/aromatic N) is 2. The number of ether oxygens (including phenoxy) is 1. The first-order valence-electron chi connectivity index (χ1n) is 11.5. The summed E-state index contributed by atoms with van der Waals surface area (Å²) in [6.45, 7) is 5.16. The van der Waals surface area contributed by atoms with Crippen molar-refractivity contribution in [1.82, 2.24) is 14.8 Å². The second-order valence-corrected chi connectivity index (χ2v) is 9.51. The Morgan fingerprint density at radius 1 is 1.15 bits per heavy atom. The third kappa shape index (κ3) is 4.02. The highest BCUT2D eigenvalue weighted by molar-refractivity contribution is 6.30. The molecule has 33 heavy (non-hydrogen) atoms. The lowest BCUT2D eigenvalue weighted by atomic mass is 9.86. The number of hydrogen-bond donors (Lipinski definition) is 1. The minimum absolute atomic E-state index is 0.00195. The fourth-order valence-corrected chi connectivity index (χ4v) is 5.31. The van der Waals surface area contributed by atoms with Crippen LogP contribution in [0.4, 0.5) is 0 Å². The lowest BCUT2D eigenvalue weighted by Gasteiger charge is -2.47. The minimum Gasteiger partial charge on any atom is -0.379 e. The van der Waals surface area contributed by atoms with Gasteiger partial charge in [0.25, 0.3) is 0 Å². The molecule has 0 spiro atoms. The third-order valence-electron chi connectivity index (χ3n) is 6.53. The van der Waals surface area contributed by atoms with Crippen molar-refractivity contribution in [2.75, 3.05) is 19.7 Å². The zero-order valence-electron chi connectivity index (χ0n) is 18.9. The van der Waals surface area contributed by atoms with Gasteiger partial charge in [-0.2, -0.15) is 0 Å². The molecule has 1 aromatic heterocycles. The summed E-state index contributed by atoms with van der Waals surface area (Å²) >= 11 is 6.33. The van der Waals surface area contributed by atoms with E-state index >= 15 is 0 Å². The van der Waals surface area contributed by atoms with E-state index in [1.165, 1.54) is 0 Å². The number of hydrogen-bond acceptors (Lipinski definition) is 3. The van der Waals surface area contributed by atoms with Crippen LogP contribution in [-0.2, 0) is 20.7 Å². The maximum Gasteiger partial charge on any atom is 0.246 e. The highest BCUT2D eigenvalue weighted by Gasteiger charge is 2.48. The van der Waals surface area contributed by atoms with Crippen molar-refractivity contribution >= 4 is 34.3 Å². The van der Waals surface area contributed by atoms with Gasteiger partial charge in [0.05, 0.1) is 18.7 Å². The van der Waals surface area contributed by atoms with Crippen molar-refractivity contribution in [3.8, 4) is 0 Å². The average Bonchev–Trinajstić information content (AvgIpc) is 3.16. The highest BCUT2D eigenvalue weighted by Crippen LogP contribution is 2.42. The van der Waals surface area contributed by atoms with Crippen LogP contribution >= 0.6 is 11.6 Å². The van der Waals surface area contributed by atoms with E-state index in [1.807, 2.05) is 56.3 Å². The summed E-state index contributed by atoms with van der Waals surface area (Å²) in [5, 5.41) is 1.71. The van der Waals surface area contributed by atoms with E-state index in [1.54, 1.807) is 9.80 Å². The predicted molar refractivity (Wildman–Crippen MR) is 128 cm³/mol. The Bertz CT molecular complexity index is 1200. The van der Waals surface area contributed by atoms with Crippen molar-refractivity contribution in [2.24, 2.45) is 0 Å². The number of aromatic amines is 1. The van der Waals surface area contributed by atoms with Crippen molar-refractivity contribution in [1.29, 1.82) is 0 Å². The summed E-state index contributed by atoms with van der Waals surface area (Å²) in [6, 6.07) is 14.8. The zero-order valence-corrected chi connectivity index (χ0v) is 19.6. The number of aromatic nitrogens is 1. The molecule has 0 saturated carbocycles. The van der Waals surface area contributed by atoms with Gasteiger partial charge in [0.2, 0.25) is 11.8 Å². The minimum atomic E-state index is -0.534. The van der Waals surface area contributed by atoms with Gasteiger partial charge in [0.15, 0.2) is 0 Å². The van der Waals surface area contributed by atoms with Gasteiger partial charge < -0.3 is 19.5 Å². The van der Waals surface area contributed by atoms with Gasteiger partial charge in [-0.1, -0.05) is 41.9 Å². The van der Waals surface area contributed by atoms with Crippen molar-refractivity contribution in [2.45, 2.75) is 44.9 Å². The van der Waals surface area contributed by atoms with Gasteiger partial charge >= 0.3 is 0 Å². The van der Waals surface area contributed by atoms with Crippen LogP contribution in [0.2, 0.25) is 5.02 Å². The maximum absolute atomic E-state index is 13.6. The van der Waals surface area contributed by atoms with Crippen LogP contribution in [0.5, 0.6) is 0 Å². The van der Waals surface area contributed by atoms with E-state index in [0.29, 0.717) is 31.0 Å². The Balaban J connectivity index is 1.53. The van der Waals surface area contributed by atoms with Crippen LogP contribution in [0, 0.1) is 0 Å². The van der Waals surface area contributed by atoms with Gasteiger partial charge in [-0.25, -0.2) is 0 Å². The molecule has 2 amide bonds. The quantitative estimate of drug-likeness (QED) is 0.551. The first-order valence-corrected chi connectivity index (χ1v) is 11.9. The Morgan fingerprint density at radius 2 is 1.97 bits per heavy atom. The summed E-state index contributed by atoms with van der Waals surface area (Å²) in [4.78, 5) is 34.1. The highest BCUT2D eigenvalue weighted by atomic mass is 35.5. The topological polar surface area (TPSA) is 65.6 Å². The Kier molecular flexibility index (Phi) is 5.89. The molecule has 0 radical (unpaired) electrons. The molecular formula is C26H28ClN3O3. The Morgan fingerprint density at radius 3 is 2.76 bits per heavy atom. The zero-order chi connectivity index (χ0) is 23.1. The van der Waals surface area contributed by atoms with Gasteiger partial charge in [0.1, 0.15) is 6.04 Å². The standard InChI is InChI=1S/C26H28ClN3O3/c1-16(2)33-12-6-11-29-15-23(31)30-22(26(29)32)14-20-19-9-3-4-10-21(19)28-24(20)25(30)17-7-5-8-18(27)13-17/h3-5,7-10,13,16,22,25,28H,6,11-12,14-15H2,1-2H3/t22-,25-/m1/s1. The fourth-order valence-electron chi connectivity index (χ4n) is 5.11. The number of benzene rings is 2. The number of rotatable bonds is 6. The number of carbonyl (C=O) groups is 2. The van der Waals surface area contributed by atoms with Crippen molar-refractivity contribution in [3.63, 3.8) is 0 Å². The molecule has 0 bridgehead atoms. The average molecular weight is 466 g/mol. The number of amides is 2. The van der Waals surface area contributed by atoms with Crippen LogP contribution in [0.15, 0.2) is 48.5 Å². The number of piperazine rings is 1. The molecule has 1 N–H and O–H groups in total. The molecule has 7 heteroatoms. The lowest BCUT2D eigenvalue weighted by molar-refractivity contribution is -0.158. The van der Waals surface area contributed by atoms with Gasteiger partial charge in [0, 0.05) is 41.2 Å². The van der Waals surface area contributed by atoms with Crippen LogP contribution in [-0.4, -0.2) is 58.4 Å². The number of carbonyl (C=O) groups excluding carboxylic acids is 2. The van der Waals surface area contributed by atoms with E-state index in [-0.39, 0.29) is 30.5 Å². The molecule has 1 saturated heterocycles. The second-order valence-electron chi connectivity index (χ2n) is 9.07. The normalized spacial score (nSPS) is 20.5. The van der Waals surface area contributed by atoms with E-state index in [0.717, 1.165) is 27.7 Å². The summed E-state index contributed by atoms with van der Waals surface area (Å²) in [6.07, 6.45) is 1.36.